The van der Waals surface area contributed by atoms with Crippen LogP contribution in [0.3, 0.4) is 0 Å². The Morgan fingerprint density at radius 1 is 1.10 bits per heavy atom. The fourth-order valence-corrected chi connectivity index (χ4v) is 2.34. The van der Waals surface area contributed by atoms with Crippen molar-refractivity contribution in [3.8, 4) is 5.75 Å². The summed E-state index contributed by atoms with van der Waals surface area (Å²) < 4.78 is 5.35. The summed E-state index contributed by atoms with van der Waals surface area (Å²) in [6, 6.07) is 12.1. The largest absolute Gasteiger partial charge is 0.496 e. The number of fused-ring (bicyclic) bond motifs is 1. The first kappa shape index (κ1) is 12.7. The van der Waals surface area contributed by atoms with E-state index in [0.717, 1.165) is 30.0 Å². The van der Waals surface area contributed by atoms with Crippen molar-refractivity contribution in [2.75, 3.05) is 7.11 Å². The van der Waals surface area contributed by atoms with E-state index >= 15 is 0 Å². The Labute approximate surface area is 117 Å². The van der Waals surface area contributed by atoms with Gasteiger partial charge in [-0.05, 0) is 23.8 Å². The van der Waals surface area contributed by atoms with Crippen molar-refractivity contribution in [2.45, 2.75) is 13.1 Å². The fraction of sp³-hybridized carbons (Fsp3) is 0.188. The number of hydrogen-bond donors (Lipinski definition) is 2. The fourth-order valence-electron chi connectivity index (χ4n) is 2.34. The highest BCUT2D eigenvalue weighted by atomic mass is 16.5. The summed E-state index contributed by atoms with van der Waals surface area (Å²) in [6.45, 7) is 1.57. The van der Waals surface area contributed by atoms with Crippen LogP contribution in [0.2, 0.25) is 0 Å². The first-order chi connectivity index (χ1) is 9.88. The Hall–Kier alpha value is -2.33. The molecule has 0 saturated heterocycles. The van der Waals surface area contributed by atoms with Gasteiger partial charge in [-0.25, -0.2) is 4.98 Å². The van der Waals surface area contributed by atoms with Gasteiger partial charge in [0.05, 0.1) is 7.11 Å². The molecule has 0 fully saturated rings. The molecular formula is C16H17N3O. The van der Waals surface area contributed by atoms with Gasteiger partial charge in [-0.2, -0.15) is 0 Å². The number of hydrogen-bond acceptors (Lipinski definition) is 3. The van der Waals surface area contributed by atoms with Crippen LogP contribution in [0.4, 0.5) is 0 Å². The van der Waals surface area contributed by atoms with Crippen molar-refractivity contribution in [2.24, 2.45) is 0 Å². The van der Waals surface area contributed by atoms with Gasteiger partial charge in [-0.1, -0.05) is 18.2 Å². The molecule has 0 unspecified atom stereocenters. The van der Waals surface area contributed by atoms with E-state index in [1.54, 1.807) is 13.3 Å². The minimum atomic E-state index is 0.775. The Kier molecular flexibility index (Phi) is 3.65. The van der Waals surface area contributed by atoms with Gasteiger partial charge < -0.3 is 15.0 Å². The van der Waals surface area contributed by atoms with Crippen LogP contribution in [-0.4, -0.2) is 17.1 Å². The zero-order valence-electron chi connectivity index (χ0n) is 11.4. The van der Waals surface area contributed by atoms with E-state index < -0.39 is 0 Å². The summed E-state index contributed by atoms with van der Waals surface area (Å²) in [7, 11) is 1.70. The van der Waals surface area contributed by atoms with Crippen LogP contribution >= 0.6 is 0 Å². The lowest BCUT2D eigenvalue weighted by atomic mass is 10.2. The molecule has 20 heavy (non-hydrogen) atoms. The highest BCUT2D eigenvalue weighted by Gasteiger charge is 2.04. The molecule has 4 heteroatoms. The number of rotatable bonds is 5. The van der Waals surface area contributed by atoms with Gasteiger partial charge in [0.2, 0.25) is 0 Å². The van der Waals surface area contributed by atoms with Crippen molar-refractivity contribution >= 4 is 11.0 Å². The molecule has 4 nitrogen and oxygen atoms in total. The number of aromatic nitrogens is 2. The van der Waals surface area contributed by atoms with E-state index in [1.165, 1.54) is 10.9 Å². The zero-order chi connectivity index (χ0) is 13.8. The summed E-state index contributed by atoms with van der Waals surface area (Å²) in [6.07, 6.45) is 3.80. The number of H-pyrrole nitrogens is 1. The van der Waals surface area contributed by atoms with E-state index in [1.807, 2.05) is 30.5 Å². The second kappa shape index (κ2) is 5.75. The third-order valence-corrected chi connectivity index (χ3v) is 3.36. The molecule has 0 amide bonds. The molecule has 0 bridgehead atoms. The molecule has 0 atom stereocenters. The standard InChI is InChI=1S/C16H17N3O/c1-20-15-7-3-2-5-12(15)9-17-10-13-11-19-16-14(13)6-4-8-18-16/h2-8,11,17H,9-10H2,1H3,(H,18,19). The average Bonchev–Trinajstić information content (AvgIpc) is 2.91. The molecule has 2 N–H and O–H groups in total. The smallest absolute Gasteiger partial charge is 0.137 e. The predicted molar refractivity (Wildman–Crippen MR) is 79.6 cm³/mol. The highest BCUT2D eigenvalue weighted by Crippen LogP contribution is 2.18. The average molecular weight is 267 g/mol. The second-order valence-corrected chi connectivity index (χ2v) is 4.63. The maximum atomic E-state index is 5.35. The molecule has 102 valence electrons. The lowest BCUT2D eigenvalue weighted by molar-refractivity contribution is 0.407. The predicted octanol–water partition coefficient (Wildman–Crippen LogP) is 2.86. The SMILES string of the molecule is COc1ccccc1CNCc1c[nH]c2ncccc12. The van der Waals surface area contributed by atoms with Crippen LogP contribution in [0.25, 0.3) is 11.0 Å². The third kappa shape index (κ3) is 2.51. The van der Waals surface area contributed by atoms with Gasteiger partial charge >= 0.3 is 0 Å². The maximum absolute atomic E-state index is 5.35. The van der Waals surface area contributed by atoms with Crippen LogP contribution < -0.4 is 10.1 Å². The molecule has 2 aromatic heterocycles. The number of ether oxygens (including phenoxy) is 1. The zero-order valence-corrected chi connectivity index (χ0v) is 11.4. The second-order valence-electron chi connectivity index (χ2n) is 4.63. The van der Waals surface area contributed by atoms with E-state index in [2.05, 4.69) is 27.4 Å². The minimum absolute atomic E-state index is 0.775. The lowest BCUT2D eigenvalue weighted by Gasteiger charge is -2.09. The summed E-state index contributed by atoms with van der Waals surface area (Å²) in [5.41, 5.74) is 3.32. The summed E-state index contributed by atoms with van der Waals surface area (Å²) in [5.74, 6) is 0.917. The molecule has 1 aromatic carbocycles. The number of methoxy groups -OCH3 is 1. The van der Waals surface area contributed by atoms with Crippen LogP contribution in [0.5, 0.6) is 5.75 Å². The van der Waals surface area contributed by atoms with Gasteiger partial charge in [0.15, 0.2) is 0 Å². The Morgan fingerprint density at radius 2 is 1.95 bits per heavy atom. The van der Waals surface area contributed by atoms with Gasteiger partial charge in [0.1, 0.15) is 11.4 Å². The first-order valence-electron chi connectivity index (χ1n) is 6.62. The van der Waals surface area contributed by atoms with E-state index in [4.69, 9.17) is 4.74 Å². The van der Waals surface area contributed by atoms with E-state index in [0.29, 0.717) is 0 Å². The molecule has 3 aromatic rings. The monoisotopic (exact) mass is 267 g/mol. The van der Waals surface area contributed by atoms with Crippen molar-refractivity contribution in [3.63, 3.8) is 0 Å². The van der Waals surface area contributed by atoms with Crippen molar-refractivity contribution in [3.05, 3.63) is 59.9 Å². The van der Waals surface area contributed by atoms with Gasteiger partial charge in [-0.3, -0.25) is 0 Å². The van der Waals surface area contributed by atoms with Gasteiger partial charge in [-0.15, -0.1) is 0 Å². The number of benzene rings is 1. The van der Waals surface area contributed by atoms with Crippen LogP contribution in [0.15, 0.2) is 48.8 Å². The molecule has 0 aliphatic heterocycles. The number of aromatic amines is 1. The quantitative estimate of drug-likeness (QED) is 0.747. The molecule has 0 saturated carbocycles. The summed E-state index contributed by atoms with van der Waals surface area (Å²) in [5, 5.41) is 4.61. The number of nitrogens with one attached hydrogen (secondary N) is 2. The van der Waals surface area contributed by atoms with Crippen molar-refractivity contribution in [1.29, 1.82) is 0 Å². The summed E-state index contributed by atoms with van der Waals surface area (Å²) >= 11 is 0. The number of nitrogens with zero attached hydrogens (tertiary/aromatic N) is 1. The normalized spacial score (nSPS) is 10.8. The third-order valence-electron chi connectivity index (χ3n) is 3.36. The first-order valence-corrected chi connectivity index (χ1v) is 6.62. The number of para-hydroxylation sites is 1. The molecule has 0 aliphatic rings. The molecule has 3 rings (SSSR count). The molecule has 2 heterocycles. The van der Waals surface area contributed by atoms with Crippen LogP contribution in [0.1, 0.15) is 11.1 Å². The van der Waals surface area contributed by atoms with E-state index in [9.17, 15) is 0 Å². The van der Waals surface area contributed by atoms with Gasteiger partial charge in [0, 0.05) is 36.4 Å². The van der Waals surface area contributed by atoms with Gasteiger partial charge in [0.25, 0.3) is 0 Å². The van der Waals surface area contributed by atoms with Crippen molar-refractivity contribution < 1.29 is 4.74 Å². The molecule has 0 aliphatic carbocycles. The molecular weight excluding hydrogens is 250 g/mol. The summed E-state index contributed by atoms with van der Waals surface area (Å²) in [4.78, 5) is 7.48. The Bertz CT molecular complexity index is 706. The maximum Gasteiger partial charge on any atom is 0.137 e. The van der Waals surface area contributed by atoms with Crippen LogP contribution in [0, 0.1) is 0 Å². The van der Waals surface area contributed by atoms with Crippen molar-refractivity contribution in [1.82, 2.24) is 15.3 Å². The van der Waals surface area contributed by atoms with E-state index in [-0.39, 0.29) is 0 Å². The Balaban J connectivity index is 1.68. The Morgan fingerprint density at radius 3 is 2.85 bits per heavy atom. The number of pyridine rings is 1. The lowest BCUT2D eigenvalue weighted by Crippen LogP contribution is -2.13. The minimum Gasteiger partial charge on any atom is -0.496 e. The highest BCUT2D eigenvalue weighted by molar-refractivity contribution is 5.79. The topological polar surface area (TPSA) is 49.9 Å². The van der Waals surface area contributed by atoms with Crippen LogP contribution in [-0.2, 0) is 13.1 Å². The molecule has 0 spiro atoms. The molecule has 0 radical (unpaired) electrons.